The highest BCUT2D eigenvalue weighted by molar-refractivity contribution is 7.80. The normalized spacial score (nSPS) is 10.8. The second-order valence-electron chi connectivity index (χ2n) is 5.00. The van der Waals surface area contributed by atoms with E-state index in [0.717, 1.165) is 22.4 Å². The quantitative estimate of drug-likeness (QED) is 0.519. The van der Waals surface area contributed by atoms with Crippen molar-refractivity contribution >= 4 is 23.3 Å². The zero-order valence-corrected chi connectivity index (χ0v) is 13.5. The van der Waals surface area contributed by atoms with Crippen LogP contribution in [0, 0.1) is 29.6 Å². The van der Waals surface area contributed by atoms with Crippen molar-refractivity contribution in [1.82, 2.24) is 9.78 Å². The van der Waals surface area contributed by atoms with Gasteiger partial charge in [0.1, 0.15) is 11.1 Å². The fourth-order valence-corrected chi connectivity index (χ4v) is 2.18. The molecular formula is C17H15N5S. The molecule has 0 bridgehead atoms. The van der Waals surface area contributed by atoms with Crippen LogP contribution in [-0.4, -0.2) is 14.8 Å². The molecule has 2 aromatic rings. The lowest BCUT2D eigenvalue weighted by atomic mass is 10.0. The van der Waals surface area contributed by atoms with E-state index in [1.165, 1.54) is 0 Å². The van der Waals surface area contributed by atoms with Crippen molar-refractivity contribution in [3.63, 3.8) is 0 Å². The van der Waals surface area contributed by atoms with E-state index in [9.17, 15) is 0 Å². The van der Waals surface area contributed by atoms with Crippen molar-refractivity contribution in [2.75, 3.05) is 0 Å². The van der Waals surface area contributed by atoms with Crippen LogP contribution in [0.25, 0.3) is 17.3 Å². The van der Waals surface area contributed by atoms with Gasteiger partial charge in [0.25, 0.3) is 0 Å². The highest BCUT2D eigenvalue weighted by atomic mass is 32.1. The van der Waals surface area contributed by atoms with Gasteiger partial charge in [-0.3, -0.25) is 4.68 Å². The van der Waals surface area contributed by atoms with Crippen LogP contribution in [0.1, 0.15) is 17.5 Å². The maximum absolute atomic E-state index is 9.15. The Labute approximate surface area is 140 Å². The Bertz CT molecular complexity index is 831. The fourth-order valence-electron chi connectivity index (χ4n) is 2.07. The molecule has 2 rings (SSSR count). The van der Waals surface area contributed by atoms with E-state index in [-0.39, 0.29) is 10.6 Å². The Hall–Kier alpha value is -2.96. The van der Waals surface area contributed by atoms with Crippen molar-refractivity contribution < 1.29 is 0 Å². The minimum absolute atomic E-state index is 0.0483. The van der Waals surface area contributed by atoms with E-state index >= 15 is 0 Å². The van der Waals surface area contributed by atoms with Crippen molar-refractivity contribution in [3.8, 4) is 23.4 Å². The Kier molecular flexibility index (Phi) is 5.24. The van der Waals surface area contributed by atoms with E-state index in [2.05, 4.69) is 11.2 Å². The molecule has 1 aromatic heterocycles. The minimum atomic E-state index is 0.0483. The fraction of sp³-hybridized carbons (Fsp3) is 0.176. The molecule has 0 atom stereocenters. The Morgan fingerprint density at radius 3 is 2.61 bits per heavy atom. The topological polar surface area (TPSA) is 91.4 Å². The standard InChI is InChI=1S/C17H15N5S/c1-12-3-5-13(6-4-12)16-15(9-14(10-19)17(20)23)11-22(21-16)8-2-7-18/h3-6,9,11H,2,8H2,1H3,(H2,20,23). The summed E-state index contributed by atoms with van der Waals surface area (Å²) in [7, 11) is 0. The number of hydrogen-bond donors (Lipinski definition) is 1. The molecule has 0 amide bonds. The van der Waals surface area contributed by atoms with Gasteiger partial charge >= 0.3 is 0 Å². The van der Waals surface area contributed by atoms with Gasteiger partial charge < -0.3 is 5.73 Å². The zero-order chi connectivity index (χ0) is 16.8. The average Bonchev–Trinajstić information content (AvgIpc) is 2.94. The first-order valence-electron chi connectivity index (χ1n) is 6.98. The summed E-state index contributed by atoms with van der Waals surface area (Å²) in [5, 5.41) is 22.4. The van der Waals surface area contributed by atoms with Gasteiger partial charge in [-0.15, -0.1) is 0 Å². The summed E-state index contributed by atoms with van der Waals surface area (Å²) in [5.74, 6) is 0. The van der Waals surface area contributed by atoms with Crippen LogP contribution < -0.4 is 5.73 Å². The molecule has 0 fully saturated rings. The summed E-state index contributed by atoms with van der Waals surface area (Å²) >= 11 is 4.89. The number of nitrogens with zero attached hydrogens (tertiary/aromatic N) is 4. The zero-order valence-electron chi connectivity index (χ0n) is 12.7. The Balaban J connectivity index is 2.53. The molecule has 0 aliphatic rings. The molecular weight excluding hydrogens is 306 g/mol. The molecule has 6 heteroatoms. The molecule has 0 spiro atoms. The van der Waals surface area contributed by atoms with Crippen molar-refractivity contribution in [3.05, 3.63) is 47.2 Å². The summed E-state index contributed by atoms with van der Waals surface area (Å²) < 4.78 is 1.69. The predicted molar refractivity (Wildman–Crippen MR) is 93.0 cm³/mol. The molecule has 0 saturated carbocycles. The number of benzene rings is 1. The average molecular weight is 321 g/mol. The van der Waals surface area contributed by atoms with Crippen LogP contribution in [0.5, 0.6) is 0 Å². The van der Waals surface area contributed by atoms with Crippen molar-refractivity contribution in [2.24, 2.45) is 5.73 Å². The third-order valence-electron chi connectivity index (χ3n) is 3.25. The van der Waals surface area contributed by atoms with Gasteiger partial charge in [0.05, 0.1) is 30.3 Å². The monoisotopic (exact) mass is 321 g/mol. The van der Waals surface area contributed by atoms with Gasteiger partial charge in [-0.25, -0.2) is 0 Å². The summed E-state index contributed by atoms with van der Waals surface area (Å²) in [4.78, 5) is 0.0483. The smallest absolute Gasteiger partial charge is 0.114 e. The largest absolute Gasteiger partial charge is 0.389 e. The van der Waals surface area contributed by atoms with E-state index in [0.29, 0.717) is 13.0 Å². The Morgan fingerprint density at radius 2 is 2.04 bits per heavy atom. The molecule has 1 aromatic carbocycles. The number of aryl methyl sites for hydroxylation is 2. The maximum Gasteiger partial charge on any atom is 0.114 e. The summed E-state index contributed by atoms with van der Waals surface area (Å²) in [6.07, 6.45) is 3.79. The molecule has 5 nitrogen and oxygen atoms in total. The molecule has 23 heavy (non-hydrogen) atoms. The van der Waals surface area contributed by atoms with Gasteiger partial charge in [-0.2, -0.15) is 15.6 Å². The number of aromatic nitrogens is 2. The van der Waals surface area contributed by atoms with E-state index in [1.807, 2.05) is 37.3 Å². The van der Waals surface area contributed by atoms with E-state index in [4.69, 9.17) is 28.5 Å². The van der Waals surface area contributed by atoms with Crippen LogP contribution in [0.4, 0.5) is 0 Å². The highest BCUT2D eigenvalue weighted by Crippen LogP contribution is 2.24. The molecule has 0 unspecified atom stereocenters. The molecule has 114 valence electrons. The van der Waals surface area contributed by atoms with E-state index < -0.39 is 0 Å². The van der Waals surface area contributed by atoms with Gasteiger partial charge in [0.15, 0.2) is 0 Å². The Morgan fingerprint density at radius 1 is 1.35 bits per heavy atom. The summed E-state index contributed by atoms with van der Waals surface area (Å²) in [6, 6.07) is 12.0. The van der Waals surface area contributed by atoms with Crippen molar-refractivity contribution in [2.45, 2.75) is 19.9 Å². The molecule has 2 N–H and O–H groups in total. The molecule has 1 heterocycles. The first-order valence-corrected chi connectivity index (χ1v) is 7.39. The third-order valence-corrected chi connectivity index (χ3v) is 3.47. The number of nitriles is 2. The van der Waals surface area contributed by atoms with Crippen LogP contribution in [0.2, 0.25) is 0 Å². The first-order chi connectivity index (χ1) is 11.0. The third kappa shape index (κ3) is 4.03. The lowest BCUT2D eigenvalue weighted by Crippen LogP contribution is -2.09. The molecule has 0 saturated heterocycles. The van der Waals surface area contributed by atoms with Gasteiger partial charge in [-0.1, -0.05) is 42.0 Å². The highest BCUT2D eigenvalue weighted by Gasteiger charge is 2.11. The van der Waals surface area contributed by atoms with Crippen LogP contribution in [-0.2, 0) is 6.54 Å². The van der Waals surface area contributed by atoms with Gasteiger partial charge in [0, 0.05) is 17.3 Å². The van der Waals surface area contributed by atoms with Crippen molar-refractivity contribution in [1.29, 1.82) is 10.5 Å². The predicted octanol–water partition coefficient (Wildman–Crippen LogP) is 2.97. The van der Waals surface area contributed by atoms with Gasteiger partial charge in [-0.05, 0) is 13.0 Å². The first kappa shape index (κ1) is 16.4. The lowest BCUT2D eigenvalue weighted by Gasteiger charge is -2.01. The maximum atomic E-state index is 9.15. The number of hydrogen-bond acceptors (Lipinski definition) is 4. The van der Waals surface area contributed by atoms with E-state index in [1.54, 1.807) is 17.0 Å². The molecule has 0 aliphatic heterocycles. The SMILES string of the molecule is Cc1ccc(-c2nn(CCC#N)cc2C=C(C#N)C(N)=S)cc1. The molecule has 0 radical (unpaired) electrons. The number of rotatable bonds is 5. The lowest BCUT2D eigenvalue weighted by molar-refractivity contribution is 0.629. The number of nitrogens with two attached hydrogens (primary N) is 1. The second-order valence-corrected chi connectivity index (χ2v) is 5.44. The van der Waals surface area contributed by atoms with Gasteiger partial charge in [0.2, 0.25) is 0 Å². The van der Waals surface area contributed by atoms with Crippen LogP contribution >= 0.6 is 12.2 Å². The van der Waals surface area contributed by atoms with Crippen LogP contribution in [0.3, 0.4) is 0 Å². The minimum Gasteiger partial charge on any atom is -0.389 e. The molecule has 0 aliphatic carbocycles. The van der Waals surface area contributed by atoms with Crippen LogP contribution in [0.15, 0.2) is 36.0 Å². The summed E-state index contributed by atoms with van der Waals surface area (Å²) in [6.45, 7) is 2.49. The summed E-state index contributed by atoms with van der Waals surface area (Å²) in [5.41, 5.74) is 9.34. The second kappa shape index (κ2) is 7.35. The number of thiocarbonyl (C=S) groups is 1.